The molecule has 15 nitrogen and oxygen atoms in total. The first-order valence-corrected chi connectivity index (χ1v) is 18.6. The molecule has 0 aliphatic rings. The molecule has 3 aromatic heterocycles. The standard InChI is InChI=1S/2C15H8F3NO4.C15H11NO4/c16-15(17,18)23-10-4-1-8(2-5-10)13-19-11-7-9(14(20)21)3-6-12(11)22-13;16-15(17,18)23-10-4-1-8(2-5-10)13-19-11-6-3-9(14(20)21)7-12(11)22-13;1-19-11-4-2-3-9(7-11)14-16-12-6-5-10(15(17)18)8-13(12)20-14/h2*1-7H,(H,20,21);2-8H,1H3,(H,17,18). The highest BCUT2D eigenvalue weighted by molar-refractivity contribution is 5.94. The van der Waals surface area contributed by atoms with E-state index in [2.05, 4.69) is 24.4 Å². The molecular formula is C45H27F6N3O12. The van der Waals surface area contributed by atoms with E-state index < -0.39 is 30.6 Å². The number of hydrogen-bond acceptors (Lipinski definition) is 12. The molecule has 9 aromatic rings. The Morgan fingerprint density at radius 2 is 0.864 bits per heavy atom. The summed E-state index contributed by atoms with van der Waals surface area (Å²) in [6.07, 6.45) is -9.52. The summed E-state index contributed by atoms with van der Waals surface area (Å²) in [5.74, 6) is -2.43. The topological polar surface area (TPSA) is 218 Å². The van der Waals surface area contributed by atoms with E-state index in [0.717, 1.165) is 29.8 Å². The summed E-state index contributed by atoms with van der Waals surface area (Å²) in [5, 5.41) is 26.8. The van der Waals surface area contributed by atoms with Crippen molar-refractivity contribution in [1.29, 1.82) is 0 Å². The molecule has 0 atom stereocenters. The number of rotatable bonds is 9. The molecule has 21 heteroatoms. The third-order valence-corrected chi connectivity index (χ3v) is 8.89. The van der Waals surface area contributed by atoms with Crippen molar-refractivity contribution in [3.8, 4) is 51.6 Å². The van der Waals surface area contributed by atoms with E-state index in [-0.39, 0.29) is 45.6 Å². The zero-order valence-corrected chi connectivity index (χ0v) is 33.2. The number of hydrogen-bond donors (Lipinski definition) is 3. The van der Waals surface area contributed by atoms with Crippen LogP contribution in [0.25, 0.3) is 67.7 Å². The van der Waals surface area contributed by atoms with Crippen LogP contribution in [0.4, 0.5) is 26.3 Å². The summed E-state index contributed by atoms with van der Waals surface area (Å²) in [6.45, 7) is 0. The Kier molecular flexibility index (Phi) is 12.6. The fraction of sp³-hybridized carbons (Fsp3) is 0.0667. The molecule has 9 rings (SSSR count). The van der Waals surface area contributed by atoms with E-state index in [1.54, 1.807) is 13.2 Å². The molecule has 3 heterocycles. The van der Waals surface area contributed by atoms with Gasteiger partial charge in [0.2, 0.25) is 17.7 Å². The molecular weight excluding hydrogens is 888 g/mol. The average molecular weight is 916 g/mol. The smallest absolute Gasteiger partial charge is 0.497 e. The number of ether oxygens (including phenoxy) is 3. The molecule has 0 saturated heterocycles. The number of aromatic nitrogens is 3. The number of nitrogens with zero attached hydrogens (tertiary/aromatic N) is 3. The van der Waals surface area contributed by atoms with Crippen LogP contribution in [0, 0.1) is 0 Å². The highest BCUT2D eigenvalue weighted by atomic mass is 19.4. The molecule has 3 N–H and O–H groups in total. The van der Waals surface area contributed by atoms with E-state index in [4.69, 9.17) is 33.3 Å². The number of oxazole rings is 3. The van der Waals surface area contributed by atoms with Crippen LogP contribution in [0.2, 0.25) is 0 Å². The average Bonchev–Trinajstić information content (AvgIpc) is 4.02. The van der Waals surface area contributed by atoms with Crippen LogP contribution in [-0.2, 0) is 0 Å². The van der Waals surface area contributed by atoms with Crippen molar-refractivity contribution in [3.05, 3.63) is 144 Å². The number of benzene rings is 6. The second-order valence-corrected chi connectivity index (χ2v) is 13.4. The van der Waals surface area contributed by atoms with Gasteiger partial charge in [0.25, 0.3) is 0 Å². The fourth-order valence-electron chi connectivity index (χ4n) is 5.90. The maximum atomic E-state index is 12.1. The van der Waals surface area contributed by atoms with Gasteiger partial charge in [-0.15, -0.1) is 26.3 Å². The van der Waals surface area contributed by atoms with Gasteiger partial charge in [0, 0.05) is 16.7 Å². The summed E-state index contributed by atoms with van der Waals surface area (Å²) >= 11 is 0. The van der Waals surface area contributed by atoms with Gasteiger partial charge in [0.05, 0.1) is 23.8 Å². The van der Waals surface area contributed by atoms with Crippen LogP contribution in [0.15, 0.2) is 141 Å². The van der Waals surface area contributed by atoms with E-state index in [0.29, 0.717) is 50.5 Å². The summed E-state index contributed by atoms with van der Waals surface area (Å²) in [4.78, 5) is 45.4. The number of carbonyl (C=O) groups is 3. The maximum Gasteiger partial charge on any atom is 0.573 e. The first kappa shape index (κ1) is 45.2. The lowest BCUT2D eigenvalue weighted by molar-refractivity contribution is -0.275. The lowest BCUT2D eigenvalue weighted by Crippen LogP contribution is -2.16. The van der Waals surface area contributed by atoms with Crippen molar-refractivity contribution >= 4 is 51.2 Å². The second kappa shape index (κ2) is 18.5. The first-order valence-electron chi connectivity index (χ1n) is 18.6. The van der Waals surface area contributed by atoms with Crippen molar-refractivity contribution in [3.63, 3.8) is 0 Å². The Morgan fingerprint density at radius 3 is 1.30 bits per heavy atom. The van der Waals surface area contributed by atoms with Crippen LogP contribution in [0.3, 0.4) is 0 Å². The fourth-order valence-corrected chi connectivity index (χ4v) is 5.90. The molecule has 0 saturated carbocycles. The van der Waals surface area contributed by atoms with Crippen LogP contribution in [-0.4, -0.2) is 68.0 Å². The van der Waals surface area contributed by atoms with Gasteiger partial charge in [-0.1, -0.05) is 6.07 Å². The monoisotopic (exact) mass is 915 g/mol. The lowest BCUT2D eigenvalue weighted by atomic mass is 10.2. The number of halogens is 6. The number of alkyl halides is 6. The Labute approximate surface area is 364 Å². The number of aromatic carboxylic acids is 3. The number of methoxy groups -OCH3 is 1. The Hall–Kier alpha value is -8.88. The minimum absolute atomic E-state index is 0.0501. The SMILES string of the molecule is COc1cccc(-c2nc3ccc(C(=O)O)cc3o2)c1.O=C(O)c1ccc2nc(-c3ccc(OC(F)(F)F)cc3)oc2c1.O=C(O)c1ccc2oc(-c3ccc(OC(F)(F)F)cc3)nc2c1. The lowest BCUT2D eigenvalue weighted by Gasteiger charge is -2.08. The molecule has 66 heavy (non-hydrogen) atoms. The Bertz CT molecular complexity index is 3070. The second-order valence-electron chi connectivity index (χ2n) is 13.4. The molecule has 0 radical (unpaired) electrons. The Balaban J connectivity index is 0.000000148. The first-order chi connectivity index (χ1) is 31.3. The highest BCUT2D eigenvalue weighted by Crippen LogP contribution is 2.31. The van der Waals surface area contributed by atoms with Gasteiger partial charge in [-0.2, -0.15) is 0 Å². The Morgan fingerprint density at radius 1 is 0.455 bits per heavy atom. The van der Waals surface area contributed by atoms with Crippen LogP contribution < -0.4 is 14.2 Å². The van der Waals surface area contributed by atoms with Crippen LogP contribution in [0.5, 0.6) is 17.2 Å². The highest BCUT2D eigenvalue weighted by Gasteiger charge is 2.32. The molecule has 0 unspecified atom stereocenters. The predicted octanol–water partition coefficient (Wildman–Crippen LogP) is 11.4. The van der Waals surface area contributed by atoms with Gasteiger partial charge >= 0.3 is 30.6 Å². The van der Waals surface area contributed by atoms with Crippen molar-refractivity contribution in [2.45, 2.75) is 12.7 Å². The van der Waals surface area contributed by atoms with E-state index in [1.165, 1.54) is 72.8 Å². The summed E-state index contributed by atoms with van der Waals surface area (Å²) in [6, 6.07) is 30.3. The molecule has 0 amide bonds. The maximum absolute atomic E-state index is 12.1. The molecule has 0 spiro atoms. The van der Waals surface area contributed by atoms with E-state index in [1.807, 2.05) is 24.3 Å². The summed E-state index contributed by atoms with van der Waals surface area (Å²) in [5.41, 5.74) is 4.44. The normalized spacial score (nSPS) is 11.3. The molecule has 0 bridgehead atoms. The largest absolute Gasteiger partial charge is 0.573 e. The van der Waals surface area contributed by atoms with Gasteiger partial charge in [0.15, 0.2) is 16.7 Å². The van der Waals surface area contributed by atoms with Gasteiger partial charge in [-0.25, -0.2) is 29.3 Å². The zero-order valence-electron chi connectivity index (χ0n) is 33.2. The number of carboxylic acids is 3. The molecule has 336 valence electrons. The van der Waals surface area contributed by atoms with Crippen LogP contribution >= 0.6 is 0 Å². The minimum atomic E-state index is -4.76. The zero-order chi connectivity index (χ0) is 47.3. The van der Waals surface area contributed by atoms with Gasteiger partial charge < -0.3 is 42.8 Å². The van der Waals surface area contributed by atoms with Crippen molar-refractivity contribution in [2.75, 3.05) is 7.11 Å². The molecule has 0 aliphatic heterocycles. The molecule has 0 aliphatic carbocycles. The third-order valence-electron chi connectivity index (χ3n) is 8.89. The van der Waals surface area contributed by atoms with Crippen LogP contribution in [0.1, 0.15) is 31.1 Å². The van der Waals surface area contributed by atoms with E-state index >= 15 is 0 Å². The predicted molar refractivity (Wildman–Crippen MR) is 219 cm³/mol. The van der Waals surface area contributed by atoms with Crippen molar-refractivity contribution in [1.82, 2.24) is 15.0 Å². The van der Waals surface area contributed by atoms with Crippen molar-refractivity contribution < 1.29 is 83.5 Å². The van der Waals surface area contributed by atoms with Gasteiger partial charge in [-0.05, 0) is 121 Å². The van der Waals surface area contributed by atoms with Crippen molar-refractivity contribution in [2.24, 2.45) is 0 Å². The summed E-state index contributed by atoms with van der Waals surface area (Å²) < 4.78 is 102. The number of carboxylic acid groups (broad SMARTS) is 3. The number of fused-ring (bicyclic) bond motifs is 3. The quantitative estimate of drug-likeness (QED) is 0.115. The van der Waals surface area contributed by atoms with Gasteiger partial charge in [-0.3, -0.25) is 0 Å². The summed E-state index contributed by atoms with van der Waals surface area (Å²) in [7, 11) is 1.59. The van der Waals surface area contributed by atoms with Gasteiger partial charge in [0.1, 0.15) is 33.8 Å². The molecule has 6 aromatic carbocycles. The van der Waals surface area contributed by atoms with E-state index in [9.17, 15) is 40.7 Å². The molecule has 0 fully saturated rings. The minimum Gasteiger partial charge on any atom is -0.497 e. The third kappa shape index (κ3) is 11.2.